The maximum atomic E-state index is 12.5. The third-order valence-electron chi connectivity index (χ3n) is 3.97. The van der Waals surface area contributed by atoms with E-state index < -0.39 is 0 Å². The molecule has 2 aromatic rings. The standard InChI is InChI=1S/C15H18N4O/c1-11-3-4-13(9-12(11)2)15(20)18-8-5-14(10-18)19-16-6-7-17-19/h3-4,6-7,9,14H,5,8,10H2,1-2H3. The van der Waals surface area contributed by atoms with E-state index in [4.69, 9.17) is 0 Å². The third-order valence-corrected chi connectivity index (χ3v) is 3.97. The van der Waals surface area contributed by atoms with E-state index in [1.807, 2.05) is 30.0 Å². The highest BCUT2D eigenvalue weighted by Crippen LogP contribution is 2.22. The summed E-state index contributed by atoms with van der Waals surface area (Å²) in [5.74, 6) is 0.0998. The van der Waals surface area contributed by atoms with E-state index in [1.165, 1.54) is 5.56 Å². The lowest BCUT2D eigenvalue weighted by molar-refractivity contribution is 0.0786. The number of carbonyl (C=O) groups is 1. The van der Waals surface area contributed by atoms with Gasteiger partial charge in [-0.2, -0.15) is 15.0 Å². The highest BCUT2D eigenvalue weighted by Gasteiger charge is 2.29. The minimum atomic E-state index is 0.0998. The van der Waals surface area contributed by atoms with Crippen molar-refractivity contribution in [1.29, 1.82) is 0 Å². The average Bonchev–Trinajstić information content (AvgIpc) is 3.11. The van der Waals surface area contributed by atoms with Gasteiger partial charge < -0.3 is 4.90 Å². The zero-order chi connectivity index (χ0) is 14.1. The Kier molecular flexibility index (Phi) is 3.26. The van der Waals surface area contributed by atoms with Gasteiger partial charge in [-0.25, -0.2) is 0 Å². The SMILES string of the molecule is Cc1ccc(C(=O)N2CCC(n3nccn3)C2)cc1C. The van der Waals surface area contributed by atoms with Gasteiger partial charge in [-0.15, -0.1) is 0 Å². The van der Waals surface area contributed by atoms with Crippen molar-refractivity contribution in [2.24, 2.45) is 0 Å². The van der Waals surface area contributed by atoms with Gasteiger partial charge in [-0.1, -0.05) is 6.07 Å². The minimum Gasteiger partial charge on any atom is -0.336 e. The van der Waals surface area contributed by atoms with Gasteiger partial charge in [0.1, 0.15) is 0 Å². The van der Waals surface area contributed by atoms with Crippen LogP contribution in [0.4, 0.5) is 0 Å². The molecule has 2 heterocycles. The van der Waals surface area contributed by atoms with E-state index in [1.54, 1.807) is 17.2 Å². The zero-order valence-corrected chi connectivity index (χ0v) is 11.8. The van der Waals surface area contributed by atoms with Gasteiger partial charge in [0.2, 0.25) is 0 Å². The highest BCUT2D eigenvalue weighted by molar-refractivity contribution is 5.94. The van der Waals surface area contributed by atoms with Gasteiger partial charge in [0, 0.05) is 18.7 Å². The van der Waals surface area contributed by atoms with Gasteiger partial charge in [0.25, 0.3) is 5.91 Å². The Labute approximate surface area is 118 Å². The van der Waals surface area contributed by atoms with Crippen LogP contribution in [0.25, 0.3) is 0 Å². The summed E-state index contributed by atoms with van der Waals surface area (Å²) in [5.41, 5.74) is 3.13. The predicted molar refractivity (Wildman–Crippen MR) is 75.5 cm³/mol. The van der Waals surface area contributed by atoms with Crippen molar-refractivity contribution in [2.45, 2.75) is 26.3 Å². The molecule has 1 aliphatic rings. The molecular weight excluding hydrogens is 252 g/mol. The van der Waals surface area contributed by atoms with Crippen LogP contribution in [0, 0.1) is 13.8 Å². The van der Waals surface area contributed by atoms with E-state index in [2.05, 4.69) is 17.1 Å². The number of likely N-dealkylation sites (tertiary alicyclic amines) is 1. The lowest BCUT2D eigenvalue weighted by Gasteiger charge is -2.17. The Balaban J connectivity index is 1.74. The largest absolute Gasteiger partial charge is 0.336 e. The molecule has 1 fully saturated rings. The number of benzene rings is 1. The molecule has 0 aliphatic carbocycles. The zero-order valence-electron chi connectivity index (χ0n) is 11.8. The lowest BCUT2D eigenvalue weighted by atomic mass is 10.1. The second-order valence-corrected chi connectivity index (χ2v) is 5.34. The predicted octanol–water partition coefficient (Wildman–Crippen LogP) is 1.98. The van der Waals surface area contributed by atoms with Gasteiger partial charge in [-0.3, -0.25) is 4.79 Å². The number of nitrogens with zero attached hydrogens (tertiary/aromatic N) is 4. The number of aromatic nitrogens is 3. The molecule has 0 radical (unpaired) electrons. The number of amides is 1. The number of aryl methyl sites for hydroxylation is 2. The quantitative estimate of drug-likeness (QED) is 0.838. The van der Waals surface area contributed by atoms with Crippen LogP contribution in [-0.4, -0.2) is 38.9 Å². The fraction of sp³-hybridized carbons (Fsp3) is 0.400. The van der Waals surface area contributed by atoms with Crippen molar-refractivity contribution < 1.29 is 4.79 Å². The lowest BCUT2D eigenvalue weighted by Crippen LogP contribution is -2.29. The summed E-state index contributed by atoms with van der Waals surface area (Å²) in [6, 6.07) is 6.08. The molecule has 0 N–H and O–H groups in total. The van der Waals surface area contributed by atoms with Crippen LogP contribution < -0.4 is 0 Å². The van der Waals surface area contributed by atoms with Gasteiger partial charge >= 0.3 is 0 Å². The van der Waals surface area contributed by atoms with Crippen molar-refractivity contribution >= 4 is 5.91 Å². The molecule has 1 amide bonds. The fourth-order valence-corrected chi connectivity index (χ4v) is 2.59. The van der Waals surface area contributed by atoms with Crippen LogP contribution in [0.1, 0.15) is 33.9 Å². The Morgan fingerprint density at radius 1 is 1.20 bits per heavy atom. The number of carbonyl (C=O) groups excluding carboxylic acids is 1. The minimum absolute atomic E-state index is 0.0998. The first-order valence-corrected chi connectivity index (χ1v) is 6.87. The normalized spacial score (nSPS) is 18.5. The number of rotatable bonds is 2. The Hall–Kier alpha value is -2.17. The van der Waals surface area contributed by atoms with Crippen molar-refractivity contribution in [3.63, 3.8) is 0 Å². The second kappa shape index (κ2) is 5.07. The summed E-state index contributed by atoms with van der Waals surface area (Å²) < 4.78 is 0. The van der Waals surface area contributed by atoms with Gasteiger partial charge in [0.15, 0.2) is 0 Å². The van der Waals surface area contributed by atoms with E-state index in [0.29, 0.717) is 6.54 Å². The monoisotopic (exact) mass is 270 g/mol. The molecule has 1 saturated heterocycles. The van der Waals surface area contributed by atoms with Crippen molar-refractivity contribution in [3.05, 3.63) is 47.3 Å². The van der Waals surface area contributed by atoms with Crippen molar-refractivity contribution in [1.82, 2.24) is 19.9 Å². The van der Waals surface area contributed by atoms with Crippen molar-refractivity contribution in [3.8, 4) is 0 Å². The molecule has 5 heteroatoms. The van der Waals surface area contributed by atoms with Crippen molar-refractivity contribution in [2.75, 3.05) is 13.1 Å². The van der Waals surface area contributed by atoms with Crippen LogP contribution in [0.15, 0.2) is 30.6 Å². The van der Waals surface area contributed by atoms with Crippen LogP contribution in [-0.2, 0) is 0 Å². The molecule has 0 bridgehead atoms. The third kappa shape index (κ3) is 2.31. The molecule has 1 aromatic heterocycles. The topological polar surface area (TPSA) is 51.0 Å². The summed E-state index contributed by atoms with van der Waals surface area (Å²) in [5, 5.41) is 8.32. The number of hydrogen-bond acceptors (Lipinski definition) is 3. The average molecular weight is 270 g/mol. The molecular formula is C15H18N4O. The van der Waals surface area contributed by atoms with Gasteiger partial charge in [-0.05, 0) is 43.5 Å². The van der Waals surface area contributed by atoms with Gasteiger partial charge in [0.05, 0.1) is 18.4 Å². The van der Waals surface area contributed by atoms with E-state index in [-0.39, 0.29) is 11.9 Å². The van der Waals surface area contributed by atoms with Crippen LogP contribution >= 0.6 is 0 Å². The summed E-state index contributed by atoms with van der Waals surface area (Å²) in [4.78, 5) is 16.1. The summed E-state index contributed by atoms with van der Waals surface area (Å²) in [7, 11) is 0. The van der Waals surface area contributed by atoms with Crippen LogP contribution in [0.3, 0.4) is 0 Å². The molecule has 3 rings (SSSR count). The van der Waals surface area contributed by atoms with E-state index in [0.717, 1.165) is 24.1 Å². The molecule has 1 atom stereocenters. The second-order valence-electron chi connectivity index (χ2n) is 5.34. The molecule has 20 heavy (non-hydrogen) atoms. The molecule has 104 valence electrons. The summed E-state index contributed by atoms with van der Waals surface area (Å²) >= 11 is 0. The van der Waals surface area contributed by atoms with Crippen LogP contribution in [0.2, 0.25) is 0 Å². The molecule has 0 spiro atoms. The molecule has 5 nitrogen and oxygen atoms in total. The van der Waals surface area contributed by atoms with Crippen LogP contribution in [0.5, 0.6) is 0 Å². The first kappa shape index (κ1) is 12.8. The molecule has 0 saturated carbocycles. The van der Waals surface area contributed by atoms with E-state index >= 15 is 0 Å². The Bertz CT molecular complexity index is 621. The smallest absolute Gasteiger partial charge is 0.253 e. The Morgan fingerprint density at radius 2 is 1.95 bits per heavy atom. The Morgan fingerprint density at radius 3 is 2.65 bits per heavy atom. The highest BCUT2D eigenvalue weighted by atomic mass is 16.2. The van der Waals surface area contributed by atoms with E-state index in [9.17, 15) is 4.79 Å². The number of hydrogen-bond donors (Lipinski definition) is 0. The maximum Gasteiger partial charge on any atom is 0.253 e. The molecule has 1 aliphatic heterocycles. The molecule has 1 aromatic carbocycles. The fourth-order valence-electron chi connectivity index (χ4n) is 2.59. The maximum absolute atomic E-state index is 12.5. The first-order valence-electron chi connectivity index (χ1n) is 6.87. The molecule has 1 unspecified atom stereocenters. The summed E-state index contributed by atoms with van der Waals surface area (Å²) in [6.45, 7) is 5.53. The first-order chi connectivity index (χ1) is 9.65. The summed E-state index contributed by atoms with van der Waals surface area (Å²) in [6.07, 6.45) is 4.26.